The van der Waals surface area contributed by atoms with E-state index in [9.17, 15) is 0 Å². The first-order valence-electron chi connectivity index (χ1n) is 6.50. The van der Waals surface area contributed by atoms with Gasteiger partial charge in [-0.1, -0.05) is 67.4 Å². The van der Waals surface area contributed by atoms with E-state index in [0.717, 1.165) is 0 Å². The molecule has 2 aliphatic rings. The Morgan fingerprint density at radius 2 is 1.67 bits per heavy atom. The lowest BCUT2D eigenvalue weighted by Gasteiger charge is -2.16. The summed E-state index contributed by atoms with van der Waals surface area (Å²) in [7, 11) is 0. The van der Waals surface area contributed by atoms with Crippen molar-refractivity contribution < 1.29 is 0 Å². The van der Waals surface area contributed by atoms with Crippen LogP contribution in [-0.2, 0) is 0 Å². The van der Waals surface area contributed by atoms with Crippen LogP contribution in [0.5, 0.6) is 0 Å². The molecular formula is C18H17-. The number of hydrogen-bond acceptors (Lipinski definition) is 0. The van der Waals surface area contributed by atoms with Crippen LogP contribution < -0.4 is 0 Å². The van der Waals surface area contributed by atoms with E-state index in [4.69, 9.17) is 0 Å². The predicted octanol–water partition coefficient (Wildman–Crippen LogP) is 5.30. The topological polar surface area (TPSA) is 0 Å². The van der Waals surface area contributed by atoms with E-state index < -0.39 is 0 Å². The molecule has 0 aromatic heterocycles. The second kappa shape index (κ2) is 4.38. The van der Waals surface area contributed by atoms with Crippen LogP contribution in [-0.4, -0.2) is 0 Å². The van der Waals surface area contributed by atoms with E-state index in [2.05, 4.69) is 74.5 Å². The Morgan fingerprint density at radius 1 is 0.889 bits per heavy atom. The molecule has 1 aromatic rings. The molecule has 0 saturated carbocycles. The average molecular weight is 233 g/mol. The number of benzene rings is 2. The Balaban J connectivity index is 2.20. The lowest BCUT2D eigenvalue weighted by molar-refractivity contribution is 0.872. The highest BCUT2D eigenvalue weighted by Gasteiger charge is 2.07. The van der Waals surface area contributed by atoms with Crippen molar-refractivity contribution in [3.05, 3.63) is 66.2 Å². The van der Waals surface area contributed by atoms with Crippen LogP contribution in [0.15, 0.2) is 60.7 Å². The molecule has 0 bridgehead atoms. The van der Waals surface area contributed by atoms with Crippen LogP contribution in [0, 0.1) is 0 Å². The molecule has 18 heavy (non-hydrogen) atoms. The maximum Gasteiger partial charge on any atom is -0.0227 e. The summed E-state index contributed by atoms with van der Waals surface area (Å²) in [4.78, 5) is 0. The predicted molar refractivity (Wildman–Crippen MR) is 78.2 cm³/mol. The van der Waals surface area contributed by atoms with Crippen molar-refractivity contribution in [3.63, 3.8) is 0 Å². The van der Waals surface area contributed by atoms with E-state index in [1.807, 2.05) is 0 Å². The van der Waals surface area contributed by atoms with E-state index in [-0.39, 0.29) is 0 Å². The van der Waals surface area contributed by atoms with Crippen molar-refractivity contribution >= 4 is 0 Å². The van der Waals surface area contributed by atoms with Crippen molar-refractivity contribution in [2.75, 3.05) is 0 Å². The SMILES string of the molecule is CC(C)c1cc2cc[cH-]c(-c3ccccc3)c-2c1. The summed E-state index contributed by atoms with van der Waals surface area (Å²) in [6.07, 6.45) is 0. The molecular weight excluding hydrogens is 216 g/mol. The first-order chi connectivity index (χ1) is 8.75. The van der Waals surface area contributed by atoms with Gasteiger partial charge >= 0.3 is 0 Å². The van der Waals surface area contributed by atoms with Gasteiger partial charge in [-0.15, -0.1) is 34.9 Å². The zero-order chi connectivity index (χ0) is 12.5. The summed E-state index contributed by atoms with van der Waals surface area (Å²) in [6.45, 7) is 4.49. The highest BCUT2D eigenvalue weighted by Crippen LogP contribution is 2.37. The van der Waals surface area contributed by atoms with Gasteiger partial charge in [-0.3, -0.25) is 0 Å². The van der Waals surface area contributed by atoms with E-state index in [0.29, 0.717) is 5.92 Å². The highest BCUT2D eigenvalue weighted by molar-refractivity contribution is 5.86. The molecule has 0 aliphatic heterocycles. The molecule has 0 saturated heterocycles. The quantitative estimate of drug-likeness (QED) is 0.527. The third kappa shape index (κ3) is 1.84. The van der Waals surface area contributed by atoms with Gasteiger partial charge in [-0.05, 0) is 5.92 Å². The summed E-state index contributed by atoms with van der Waals surface area (Å²) in [5.74, 6) is 0.584. The summed E-state index contributed by atoms with van der Waals surface area (Å²) >= 11 is 0. The fourth-order valence-electron chi connectivity index (χ4n) is 2.46. The molecule has 0 radical (unpaired) electrons. The van der Waals surface area contributed by atoms with Gasteiger partial charge in [0.15, 0.2) is 0 Å². The normalized spacial score (nSPS) is 11.3. The number of fused-ring (bicyclic) bond motifs is 1. The van der Waals surface area contributed by atoms with Crippen LogP contribution in [0.1, 0.15) is 25.3 Å². The van der Waals surface area contributed by atoms with Crippen molar-refractivity contribution in [1.29, 1.82) is 0 Å². The largest absolute Gasteiger partial charge is 0.145 e. The van der Waals surface area contributed by atoms with Crippen molar-refractivity contribution in [3.8, 4) is 22.3 Å². The van der Waals surface area contributed by atoms with Gasteiger partial charge in [-0.2, -0.15) is 0 Å². The van der Waals surface area contributed by atoms with Gasteiger partial charge < -0.3 is 0 Å². The van der Waals surface area contributed by atoms with Crippen molar-refractivity contribution in [1.82, 2.24) is 0 Å². The van der Waals surface area contributed by atoms with Gasteiger partial charge in [0.05, 0.1) is 0 Å². The van der Waals surface area contributed by atoms with Crippen LogP contribution >= 0.6 is 0 Å². The average Bonchev–Trinajstić information content (AvgIpc) is 2.83. The molecule has 0 N–H and O–H groups in total. The fourth-order valence-corrected chi connectivity index (χ4v) is 2.46. The summed E-state index contributed by atoms with van der Waals surface area (Å²) in [5, 5.41) is 0. The minimum Gasteiger partial charge on any atom is -0.145 e. The number of rotatable bonds is 2. The highest BCUT2D eigenvalue weighted by atomic mass is 14.2. The molecule has 0 heterocycles. The fraction of sp³-hybridized carbons (Fsp3) is 0.167. The van der Waals surface area contributed by atoms with Gasteiger partial charge in [0.25, 0.3) is 0 Å². The lowest BCUT2D eigenvalue weighted by atomic mass is 9.97. The zero-order valence-electron chi connectivity index (χ0n) is 10.9. The maximum atomic E-state index is 2.34. The molecule has 0 nitrogen and oxygen atoms in total. The first-order valence-corrected chi connectivity index (χ1v) is 6.50. The second-order valence-electron chi connectivity index (χ2n) is 5.12. The van der Waals surface area contributed by atoms with Gasteiger partial charge in [0.2, 0.25) is 0 Å². The van der Waals surface area contributed by atoms with E-state index in [1.54, 1.807) is 0 Å². The van der Waals surface area contributed by atoms with Gasteiger partial charge in [-0.25, -0.2) is 0 Å². The van der Waals surface area contributed by atoms with Crippen LogP contribution in [0.25, 0.3) is 22.3 Å². The van der Waals surface area contributed by atoms with Gasteiger partial charge in [0, 0.05) is 0 Å². The molecule has 1 aromatic carbocycles. The third-order valence-corrected chi connectivity index (χ3v) is 3.52. The summed E-state index contributed by atoms with van der Waals surface area (Å²) in [5.41, 5.74) is 6.77. The molecule has 2 aliphatic carbocycles. The van der Waals surface area contributed by atoms with Crippen LogP contribution in [0.4, 0.5) is 0 Å². The standard InChI is InChI=1S/C18H17/c1-13(2)16-11-15-9-6-10-17(18(15)12-16)14-7-4-3-5-8-14/h3-13H,1-2H3/q-1. The molecule has 0 atom stereocenters. The first kappa shape index (κ1) is 11.2. The second-order valence-corrected chi connectivity index (χ2v) is 5.12. The van der Waals surface area contributed by atoms with E-state index in [1.165, 1.54) is 27.8 Å². The Hall–Kier alpha value is -1.95. The smallest absolute Gasteiger partial charge is 0.0227 e. The molecule has 0 amide bonds. The molecule has 0 unspecified atom stereocenters. The Kier molecular flexibility index (Phi) is 2.71. The van der Waals surface area contributed by atoms with Crippen LogP contribution in [0.3, 0.4) is 0 Å². The maximum absolute atomic E-state index is 2.34. The zero-order valence-corrected chi connectivity index (χ0v) is 10.9. The van der Waals surface area contributed by atoms with E-state index >= 15 is 0 Å². The van der Waals surface area contributed by atoms with Crippen molar-refractivity contribution in [2.45, 2.75) is 19.8 Å². The summed E-state index contributed by atoms with van der Waals surface area (Å²) in [6, 6.07) is 21.8. The number of hydrogen-bond donors (Lipinski definition) is 0. The Bertz CT molecular complexity index is 614. The van der Waals surface area contributed by atoms with Gasteiger partial charge in [0.1, 0.15) is 0 Å². The summed E-state index contributed by atoms with van der Waals surface area (Å²) < 4.78 is 0. The third-order valence-electron chi connectivity index (χ3n) is 3.52. The molecule has 90 valence electrons. The minimum absolute atomic E-state index is 0.584. The van der Waals surface area contributed by atoms with Crippen molar-refractivity contribution in [2.24, 2.45) is 0 Å². The monoisotopic (exact) mass is 233 g/mol. The van der Waals surface area contributed by atoms with Crippen LogP contribution in [0.2, 0.25) is 0 Å². The molecule has 3 rings (SSSR count). The lowest BCUT2D eigenvalue weighted by Crippen LogP contribution is -1.82. The molecule has 0 spiro atoms. The molecule has 0 fully saturated rings. The minimum atomic E-state index is 0.584. The molecule has 0 heteroatoms. The Labute approximate surface area is 109 Å². The Morgan fingerprint density at radius 3 is 2.39 bits per heavy atom.